The molecule has 2 nitrogen and oxygen atoms in total. The lowest BCUT2D eigenvalue weighted by Gasteiger charge is -2.20. The lowest BCUT2D eigenvalue weighted by Crippen LogP contribution is -2.20. The number of hydrogen-bond acceptors (Lipinski definition) is 2. The van der Waals surface area contributed by atoms with Gasteiger partial charge in [-0.3, -0.25) is 0 Å². The summed E-state index contributed by atoms with van der Waals surface area (Å²) in [7, 11) is 0. The number of nitrogens with two attached hydrogens (primary N) is 1. The van der Waals surface area contributed by atoms with Crippen LogP contribution in [0.5, 0.6) is 0 Å². The summed E-state index contributed by atoms with van der Waals surface area (Å²) < 4.78 is 0. The van der Waals surface area contributed by atoms with Gasteiger partial charge in [0.2, 0.25) is 0 Å². The summed E-state index contributed by atoms with van der Waals surface area (Å²) in [6.07, 6.45) is 4.31. The van der Waals surface area contributed by atoms with Gasteiger partial charge in [-0.1, -0.05) is 12.5 Å². The fourth-order valence-corrected chi connectivity index (χ4v) is 3.27. The molecular formula is C14H20N2. The highest BCUT2D eigenvalue weighted by atomic mass is 15.2. The minimum atomic E-state index is 0.926. The normalized spacial score (nSPS) is 28.4. The van der Waals surface area contributed by atoms with Crippen molar-refractivity contribution >= 4 is 11.4 Å². The highest BCUT2D eigenvalue weighted by Gasteiger charge is 2.35. The molecule has 1 saturated heterocycles. The van der Waals surface area contributed by atoms with Crippen molar-refractivity contribution in [1.82, 2.24) is 0 Å². The maximum atomic E-state index is 5.98. The van der Waals surface area contributed by atoms with E-state index in [1.165, 1.54) is 43.6 Å². The average Bonchev–Trinajstić information content (AvgIpc) is 2.81. The Morgan fingerprint density at radius 1 is 1.19 bits per heavy atom. The topological polar surface area (TPSA) is 29.3 Å². The summed E-state index contributed by atoms with van der Waals surface area (Å²) in [5.74, 6) is 1.89. The van der Waals surface area contributed by atoms with E-state index in [0.29, 0.717) is 0 Å². The summed E-state index contributed by atoms with van der Waals surface area (Å²) in [5.41, 5.74) is 9.40. The van der Waals surface area contributed by atoms with E-state index < -0.39 is 0 Å². The minimum Gasteiger partial charge on any atom is -0.398 e. The van der Waals surface area contributed by atoms with Gasteiger partial charge in [0.05, 0.1) is 0 Å². The Labute approximate surface area is 97.4 Å². The zero-order valence-electron chi connectivity index (χ0n) is 9.95. The number of fused-ring (bicyclic) bond motifs is 1. The summed E-state index contributed by atoms with van der Waals surface area (Å²) in [6, 6.07) is 6.49. The number of nitrogen functional groups attached to an aromatic ring is 1. The molecule has 1 aliphatic heterocycles. The van der Waals surface area contributed by atoms with Crippen molar-refractivity contribution in [2.45, 2.75) is 26.2 Å². The Morgan fingerprint density at radius 2 is 1.88 bits per heavy atom. The highest BCUT2D eigenvalue weighted by molar-refractivity contribution is 5.60. The summed E-state index contributed by atoms with van der Waals surface area (Å²) >= 11 is 0. The van der Waals surface area contributed by atoms with Crippen LogP contribution in [0, 0.1) is 18.8 Å². The van der Waals surface area contributed by atoms with Crippen LogP contribution in [0.4, 0.5) is 11.4 Å². The van der Waals surface area contributed by atoms with Crippen LogP contribution in [-0.4, -0.2) is 13.1 Å². The molecule has 0 radical (unpaired) electrons. The second-order valence-electron chi connectivity index (χ2n) is 5.40. The van der Waals surface area contributed by atoms with Crippen LogP contribution in [0.15, 0.2) is 18.2 Å². The van der Waals surface area contributed by atoms with Gasteiger partial charge >= 0.3 is 0 Å². The number of anilines is 2. The van der Waals surface area contributed by atoms with Crippen LogP contribution in [0.1, 0.15) is 24.8 Å². The van der Waals surface area contributed by atoms with Gasteiger partial charge in [-0.15, -0.1) is 0 Å². The van der Waals surface area contributed by atoms with Crippen molar-refractivity contribution in [3.8, 4) is 0 Å². The fraction of sp³-hybridized carbons (Fsp3) is 0.571. The molecule has 0 aromatic heterocycles. The zero-order chi connectivity index (χ0) is 11.1. The van der Waals surface area contributed by atoms with Crippen LogP contribution in [0.3, 0.4) is 0 Å². The Hall–Kier alpha value is -1.18. The molecule has 1 heterocycles. The van der Waals surface area contributed by atoms with Crippen LogP contribution in [0.25, 0.3) is 0 Å². The largest absolute Gasteiger partial charge is 0.398 e. The molecule has 2 aliphatic rings. The number of nitrogens with zero attached hydrogens (tertiary/aromatic N) is 1. The Morgan fingerprint density at radius 3 is 2.50 bits per heavy atom. The van der Waals surface area contributed by atoms with Crippen molar-refractivity contribution < 1.29 is 0 Å². The second kappa shape index (κ2) is 3.69. The quantitative estimate of drug-likeness (QED) is 0.731. The van der Waals surface area contributed by atoms with E-state index >= 15 is 0 Å². The monoisotopic (exact) mass is 216 g/mol. The molecule has 1 aromatic carbocycles. The molecular weight excluding hydrogens is 196 g/mol. The van der Waals surface area contributed by atoms with Crippen molar-refractivity contribution in [3.05, 3.63) is 23.8 Å². The van der Waals surface area contributed by atoms with Gasteiger partial charge in [-0.25, -0.2) is 0 Å². The van der Waals surface area contributed by atoms with Crippen LogP contribution in [0.2, 0.25) is 0 Å². The first-order valence-electron chi connectivity index (χ1n) is 6.35. The number of benzene rings is 1. The van der Waals surface area contributed by atoms with Gasteiger partial charge in [-0.2, -0.15) is 0 Å². The predicted molar refractivity (Wildman–Crippen MR) is 68.6 cm³/mol. The van der Waals surface area contributed by atoms with Gasteiger partial charge in [0, 0.05) is 24.5 Å². The molecule has 1 aromatic rings. The van der Waals surface area contributed by atoms with Crippen LogP contribution < -0.4 is 10.6 Å². The third-order valence-corrected chi connectivity index (χ3v) is 4.35. The highest BCUT2D eigenvalue weighted by Crippen LogP contribution is 2.39. The molecule has 2 N–H and O–H groups in total. The summed E-state index contributed by atoms with van der Waals surface area (Å²) in [5, 5.41) is 0. The fourth-order valence-electron chi connectivity index (χ4n) is 3.27. The van der Waals surface area contributed by atoms with E-state index in [4.69, 9.17) is 5.73 Å². The lowest BCUT2D eigenvalue weighted by molar-refractivity contribution is 0.494. The van der Waals surface area contributed by atoms with E-state index in [-0.39, 0.29) is 0 Å². The molecule has 0 amide bonds. The smallest absolute Gasteiger partial charge is 0.0387 e. The zero-order valence-corrected chi connectivity index (χ0v) is 9.95. The molecule has 1 aliphatic carbocycles. The van der Waals surface area contributed by atoms with Gasteiger partial charge in [-0.05, 0) is 49.3 Å². The first-order valence-corrected chi connectivity index (χ1v) is 6.35. The van der Waals surface area contributed by atoms with E-state index in [1.807, 2.05) is 0 Å². The number of aryl methyl sites for hydroxylation is 1. The maximum Gasteiger partial charge on any atom is 0.0387 e. The molecule has 2 atom stereocenters. The molecule has 1 saturated carbocycles. The minimum absolute atomic E-state index is 0.926. The SMILES string of the molecule is Cc1ccc(N2CC3CCCC3C2)cc1N. The molecule has 3 rings (SSSR count). The Kier molecular flexibility index (Phi) is 2.31. The van der Waals surface area contributed by atoms with Crippen molar-refractivity contribution in [2.75, 3.05) is 23.7 Å². The molecule has 86 valence electrons. The maximum absolute atomic E-state index is 5.98. The molecule has 2 unspecified atom stereocenters. The molecule has 0 spiro atoms. The van der Waals surface area contributed by atoms with E-state index in [0.717, 1.165) is 17.5 Å². The number of rotatable bonds is 1. The Bertz CT molecular complexity index is 388. The van der Waals surface area contributed by atoms with Crippen molar-refractivity contribution in [2.24, 2.45) is 11.8 Å². The predicted octanol–water partition coefficient (Wildman–Crippen LogP) is 2.81. The van der Waals surface area contributed by atoms with Gasteiger partial charge < -0.3 is 10.6 Å². The molecule has 0 bridgehead atoms. The molecule has 2 heteroatoms. The van der Waals surface area contributed by atoms with Gasteiger partial charge in [0.25, 0.3) is 0 Å². The van der Waals surface area contributed by atoms with E-state index in [2.05, 4.69) is 30.0 Å². The molecule has 2 fully saturated rings. The third kappa shape index (κ3) is 1.57. The van der Waals surface area contributed by atoms with E-state index in [1.54, 1.807) is 0 Å². The summed E-state index contributed by atoms with van der Waals surface area (Å²) in [6.45, 7) is 4.55. The Balaban J connectivity index is 1.81. The standard InChI is InChI=1S/C14H20N2/c1-10-5-6-13(7-14(10)15)16-8-11-3-2-4-12(11)9-16/h5-7,11-12H,2-4,8-9,15H2,1H3. The summed E-state index contributed by atoms with van der Waals surface area (Å²) in [4.78, 5) is 2.52. The third-order valence-electron chi connectivity index (χ3n) is 4.35. The van der Waals surface area contributed by atoms with Crippen molar-refractivity contribution in [3.63, 3.8) is 0 Å². The van der Waals surface area contributed by atoms with Crippen LogP contribution in [-0.2, 0) is 0 Å². The lowest BCUT2D eigenvalue weighted by atomic mass is 10.0. The van der Waals surface area contributed by atoms with Crippen molar-refractivity contribution in [1.29, 1.82) is 0 Å². The van der Waals surface area contributed by atoms with E-state index in [9.17, 15) is 0 Å². The first kappa shape index (κ1) is 10.0. The average molecular weight is 216 g/mol. The first-order chi connectivity index (χ1) is 7.74. The van der Waals surface area contributed by atoms with Gasteiger partial charge in [0.15, 0.2) is 0 Å². The second-order valence-corrected chi connectivity index (χ2v) is 5.40. The number of hydrogen-bond donors (Lipinski definition) is 1. The molecule has 16 heavy (non-hydrogen) atoms. The van der Waals surface area contributed by atoms with Crippen LogP contribution >= 0.6 is 0 Å². The van der Waals surface area contributed by atoms with Gasteiger partial charge in [0.1, 0.15) is 0 Å².